The normalized spacial score (nSPS) is 16.8. The first kappa shape index (κ1) is 20.3. The first-order valence-electron chi connectivity index (χ1n) is 9.50. The maximum Gasteiger partial charge on any atom is 0.255 e. The van der Waals surface area contributed by atoms with E-state index in [1.807, 2.05) is 19.1 Å². The van der Waals surface area contributed by atoms with Crippen LogP contribution in [0.25, 0.3) is 0 Å². The lowest BCUT2D eigenvalue weighted by Crippen LogP contribution is -2.38. The zero-order valence-electron chi connectivity index (χ0n) is 16.8. The Kier molecular flexibility index (Phi) is 6.07. The average molecular weight is 392 g/mol. The number of anilines is 1. The molecule has 3 rings (SSSR count). The third-order valence-electron chi connectivity index (χ3n) is 5.27. The number of pyridine rings is 2. The number of amides is 2. The van der Waals surface area contributed by atoms with Crippen LogP contribution in [-0.4, -0.2) is 57.8 Å². The van der Waals surface area contributed by atoms with E-state index in [9.17, 15) is 9.59 Å². The fourth-order valence-corrected chi connectivity index (χ4v) is 3.32. The van der Waals surface area contributed by atoms with Gasteiger partial charge in [-0.25, -0.2) is 9.97 Å². The van der Waals surface area contributed by atoms with E-state index in [-0.39, 0.29) is 23.9 Å². The van der Waals surface area contributed by atoms with Crippen LogP contribution in [0, 0.1) is 11.3 Å². The Morgan fingerprint density at radius 3 is 2.66 bits per heavy atom. The highest BCUT2D eigenvalue weighted by atomic mass is 16.2. The molecule has 2 amide bonds. The van der Waals surface area contributed by atoms with Gasteiger partial charge in [0, 0.05) is 39.5 Å². The molecule has 0 aromatic carbocycles. The lowest BCUT2D eigenvalue weighted by molar-refractivity contribution is -0.129. The second-order valence-electron chi connectivity index (χ2n) is 7.21. The quantitative estimate of drug-likeness (QED) is 0.837. The van der Waals surface area contributed by atoms with Crippen molar-refractivity contribution < 1.29 is 9.59 Å². The number of hydrogen-bond donors (Lipinski definition) is 1. The average Bonchev–Trinajstić information content (AvgIpc) is 3.23. The van der Waals surface area contributed by atoms with Crippen LogP contribution in [0.2, 0.25) is 0 Å². The van der Waals surface area contributed by atoms with Crippen LogP contribution >= 0.6 is 0 Å². The summed E-state index contributed by atoms with van der Waals surface area (Å²) in [5, 5.41) is 12.1. The van der Waals surface area contributed by atoms with Crippen LogP contribution < -0.4 is 5.32 Å². The Morgan fingerprint density at radius 1 is 1.28 bits per heavy atom. The molecule has 0 radical (unpaired) electrons. The van der Waals surface area contributed by atoms with Crippen molar-refractivity contribution in [1.29, 1.82) is 5.26 Å². The summed E-state index contributed by atoms with van der Waals surface area (Å²) >= 11 is 0. The van der Waals surface area contributed by atoms with Crippen molar-refractivity contribution in [3.05, 3.63) is 53.5 Å². The maximum absolute atomic E-state index is 12.7. The second-order valence-corrected chi connectivity index (χ2v) is 7.21. The summed E-state index contributed by atoms with van der Waals surface area (Å²) in [5.41, 5.74) is 1.83. The molecule has 2 aromatic heterocycles. The summed E-state index contributed by atoms with van der Waals surface area (Å²) in [4.78, 5) is 36.1. The summed E-state index contributed by atoms with van der Waals surface area (Å²) < 4.78 is 0. The molecule has 2 atom stereocenters. The number of carbonyl (C=O) groups is 2. The zero-order valence-corrected chi connectivity index (χ0v) is 16.8. The lowest BCUT2D eigenvalue weighted by Gasteiger charge is -2.23. The fraction of sp³-hybridized carbons (Fsp3) is 0.381. The smallest absolute Gasteiger partial charge is 0.255 e. The minimum absolute atomic E-state index is 0.00739. The van der Waals surface area contributed by atoms with Gasteiger partial charge in [-0.3, -0.25) is 9.59 Å². The van der Waals surface area contributed by atoms with Gasteiger partial charge in [0.05, 0.1) is 17.6 Å². The molecule has 1 fully saturated rings. The van der Waals surface area contributed by atoms with Gasteiger partial charge in [-0.05, 0) is 37.1 Å². The molecule has 0 aliphatic carbocycles. The van der Waals surface area contributed by atoms with Gasteiger partial charge in [0.1, 0.15) is 17.6 Å². The van der Waals surface area contributed by atoms with Crippen molar-refractivity contribution >= 4 is 17.6 Å². The maximum atomic E-state index is 12.7. The van der Waals surface area contributed by atoms with E-state index >= 15 is 0 Å². The summed E-state index contributed by atoms with van der Waals surface area (Å²) in [6.07, 6.45) is 4.01. The van der Waals surface area contributed by atoms with Gasteiger partial charge in [0.25, 0.3) is 5.91 Å². The first-order valence-corrected chi connectivity index (χ1v) is 9.50. The summed E-state index contributed by atoms with van der Waals surface area (Å²) in [6, 6.07) is 9.06. The molecular formula is C21H24N6O2. The topological polar surface area (TPSA) is 102 Å². The van der Waals surface area contributed by atoms with E-state index in [0.717, 1.165) is 12.0 Å². The lowest BCUT2D eigenvalue weighted by atomic mass is 10.1. The highest BCUT2D eigenvalue weighted by Crippen LogP contribution is 2.20. The molecule has 0 saturated carbocycles. The number of likely N-dealkylation sites (tertiary alicyclic amines) is 1. The van der Waals surface area contributed by atoms with Gasteiger partial charge in [-0.2, -0.15) is 5.26 Å². The SMILES string of the molecule is CC(=O)N(C)[C@H]1CCN(C(=O)c2ccc(N[C@@H](C)c3ccc(C#N)nc3)nc2)C1. The predicted octanol–water partition coefficient (Wildman–Crippen LogP) is 2.21. The Morgan fingerprint density at radius 2 is 2.07 bits per heavy atom. The number of nitrogens with one attached hydrogen (secondary N) is 1. The predicted molar refractivity (Wildman–Crippen MR) is 108 cm³/mol. The number of hydrogen-bond acceptors (Lipinski definition) is 6. The van der Waals surface area contributed by atoms with E-state index in [4.69, 9.17) is 5.26 Å². The van der Waals surface area contributed by atoms with E-state index < -0.39 is 0 Å². The summed E-state index contributed by atoms with van der Waals surface area (Å²) in [7, 11) is 1.77. The Labute approximate surface area is 170 Å². The second kappa shape index (κ2) is 8.69. The fourth-order valence-electron chi connectivity index (χ4n) is 3.32. The van der Waals surface area contributed by atoms with Crippen molar-refractivity contribution in [1.82, 2.24) is 19.8 Å². The molecule has 150 valence electrons. The monoisotopic (exact) mass is 392 g/mol. The van der Waals surface area contributed by atoms with Gasteiger partial charge in [-0.1, -0.05) is 6.07 Å². The van der Waals surface area contributed by atoms with Crippen LogP contribution in [-0.2, 0) is 4.79 Å². The van der Waals surface area contributed by atoms with Crippen molar-refractivity contribution in [2.45, 2.75) is 32.4 Å². The van der Waals surface area contributed by atoms with E-state index in [2.05, 4.69) is 15.3 Å². The molecular weight excluding hydrogens is 368 g/mol. The van der Waals surface area contributed by atoms with Gasteiger partial charge in [0.2, 0.25) is 5.91 Å². The van der Waals surface area contributed by atoms with Crippen LogP contribution in [0.1, 0.15) is 47.9 Å². The van der Waals surface area contributed by atoms with Gasteiger partial charge in [-0.15, -0.1) is 0 Å². The van der Waals surface area contributed by atoms with Crippen LogP contribution in [0.5, 0.6) is 0 Å². The summed E-state index contributed by atoms with van der Waals surface area (Å²) in [6.45, 7) is 4.68. The van der Waals surface area contributed by atoms with Gasteiger partial charge < -0.3 is 15.1 Å². The number of carbonyl (C=O) groups excluding carboxylic acids is 2. The van der Waals surface area contributed by atoms with E-state index in [0.29, 0.717) is 30.2 Å². The van der Waals surface area contributed by atoms with Gasteiger partial charge in [0.15, 0.2) is 0 Å². The molecule has 1 saturated heterocycles. The first-order chi connectivity index (χ1) is 13.9. The van der Waals surface area contributed by atoms with Crippen LogP contribution in [0.15, 0.2) is 36.7 Å². The third kappa shape index (κ3) is 4.69. The third-order valence-corrected chi connectivity index (χ3v) is 5.27. The molecule has 0 unspecified atom stereocenters. The molecule has 1 aliphatic heterocycles. The molecule has 0 bridgehead atoms. The molecule has 8 nitrogen and oxygen atoms in total. The number of aromatic nitrogens is 2. The van der Waals surface area contributed by atoms with Crippen molar-refractivity contribution in [3.63, 3.8) is 0 Å². The minimum Gasteiger partial charge on any atom is -0.363 e. The molecule has 1 N–H and O–H groups in total. The Bertz CT molecular complexity index is 920. The highest BCUT2D eigenvalue weighted by molar-refractivity contribution is 5.94. The zero-order chi connectivity index (χ0) is 21.0. The molecule has 3 heterocycles. The molecule has 29 heavy (non-hydrogen) atoms. The van der Waals surface area contributed by atoms with E-state index in [1.54, 1.807) is 47.4 Å². The standard InChI is InChI=1S/C21H24N6O2/c1-14(16-4-6-18(10-22)23-11-16)25-20-7-5-17(12-24-20)21(29)27-9-8-19(13-27)26(3)15(2)28/h4-7,11-12,14,19H,8-9,13H2,1-3H3,(H,24,25)/t14-,19-/m0/s1. The van der Waals surface area contributed by atoms with Crippen LogP contribution in [0.3, 0.4) is 0 Å². The Hall–Kier alpha value is -3.47. The van der Waals surface area contributed by atoms with Crippen molar-refractivity contribution in [3.8, 4) is 6.07 Å². The molecule has 8 heteroatoms. The van der Waals surface area contributed by atoms with E-state index in [1.165, 1.54) is 6.92 Å². The number of likely N-dealkylation sites (N-methyl/N-ethyl adjacent to an activating group) is 1. The van der Waals surface area contributed by atoms with Gasteiger partial charge >= 0.3 is 0 Å². The van der Waals surface area contributed by atoms with Crippen LogP contribution in [0.4, 0.5) is 5.82 Å². The minimum atomic E-state index is -0.0761. The number of rotatable bonds is 5. The number of nitriles is 1. The molecule has 1 aliphatic rings. The van der Waals surface area contributed by atoms with Crippen molar-refractivity contribution in [2.24, 2.45) is 0 Å². The Balaban J connectivity index is 1.60. The summed E-state index contributed by atoms with van der Waals surface area (Å²) in [5.74, 6) is 0.579. The molecule has 0 spiro atoms. The van der Waals surface area contributed by atoms with Crippen molar-refractivity contribution in [2.75, 3.05) is 25.5 Å². The molecule has 2 aromatic rings. The largest absolute Gasteiger partial charge is 0.363 e. The highest BCUT2D eigenvalue weighted by Gasteiger charge is 2.30. The number of nitrogens with zero attached hydrogens (tertiary/aromatic N) is 5.